The molecule has 0 aliphatic rings. The first-order valence-electron chi connectivity index (χ1n) is 5.70. The maximum absolute atomic E-state index is 10.4. The zero-order valence-electron chi connectivity index (χ0n) is 10.1. The van der Waals surface area contributed by atoms with Crippen LogP contribution >= 0.6 is 23.1 Å². The molecule has 0 unspecified atom stereocenters. The molecule has 2 N–H and O–H groups in total. The van der Waals surface area contributed by atoms with E-state index < -0.39 is 5.97 Å². The first kappa shape index (κ1) is 13.8. The van der Waals surface area contributed by atoms with Crippen molar-refractivity contribution < 1.29 is 9.90 Å². The van der Waals surface area contributed by atoms with E-state index in [1.54, 1.807) is 0 Å². The van der Waals surface area contributed by atoms with Crippen LogP contribution in [0.2, 0.25) is 0 Å². The van der Waals surface area contributed by atoms with Crippen molar-refractivity contribution in [3.63, 3.8) is 0 Å². The van der Waals surface area contributed by atoms with E-state index in [0.29, 0.717) is 4.34 Å². The molecule has 0 spiro atoms. The summed E-state index contributed by atoms with van der Waals surface area (Å²) in [5.74, 6) is -0.836. The second kappa shape index (κ2) is 7.10. The van der Waals surface area contributed by atoms with Crippen molar-refractivity contribution >= 4 is 34.2 Å². The minimum atomic E-state index is -0.848. The van der Waals surface area contributed by atoms with Gasteiger partial charge in [0.15, 0.2) is 4.34 Å². The summed E-state index contributed by atoms with van der Waals surface area (Å²) in [4.78, 5) is 10.4. The van der Waals surface area contributed by atoms with Crippen molar-refractivity contribution in [3.8, 4) is 0 Å². The van der Waals surface area contributed by atoms with Gasteiger partial charge in [-0.05, 0) is 12.0 Å². The Hall–Kier alpha value is -1.60. The molecule has 2 aromatic rings. The number of anilines is 1. The average molecular weight is 295 g/mol. The van der Waals surface area contributed by atoms with Gasteiger partial charge in [0.05, 0.1) is 5.75 Å². The number of hydrogen-bond donors (Lipinski definition) is 2. The van der Waals surface area contributed by atoms with E-state index in [2.05, 4.69) is 27.6 Å². The van der Waals surface area contributed by atoms with Gasteiger partial charge < -0.3 is 10.4 Å². The van der Waals surface area contributed by atoms with Gasteiger partial charge in [-0.1, -0.05) is 53.4 Å². The SMILES string of the molecule is O=C(O)CSc1nnc(NCCc2ccccc2)s1. The smallest absolute Gasteiger partial charge is 0.313 e. The van der Waals surface area contributed by atoms with E-state index in [9.17, 15) is 4.79 Å². The van der Waals surface area contributed by atoms with Gasteiger partial charge in [0.25, 0.3) is 0 Å². The van der Waals surface area contributed by atoms with Crippen molar-refractivity contribution in [3.05, 3.63) is 35.9 Å². The lowest BCUT2D eigenvalue weighted by Gasteiger charge is -2.01. The summed E-state index contributed by atoms with van der Waals surface area (Å²) in [5.41, 5.74) is 1.26. The Morgan fingerprint density at radius 3 is 2.84 bits per heavy atom. The molecule has 1 aromatic carbocycles. The van der Waals surface area contributed by atoms with Gasteiger partial charge in [0, 0.05) is 6.54 Å². The van der Waals surface area contributed by atoms with Gasteiger partial charge in [0.1, 0.15) is 0 Å². The molecule has 100 valence electrons. The minimum Gasteiger partial charge on any atom is -0.481 e. The minimum absolute atomic E-state index is 0.0125. The fourth-order valence-corrected chi connectivity index (χ4v) is 2.92. The summed E-state index contributed by atoms with van der Waals surface area (Å²) >= 11 is 2.56. The number of rotatable bonds is 7. The molecule has 19 heavy (non-hydrogen) atoms. The molecule has 0 atom stereocenters. The van der Waals surface area contributed by atoms with Crippen molar-refractivity contribution in [2.24, 2.45) is 0 Å². The molecule has 7 heteroatoms. The van der Waals surface area contributed by atoms with E-state index in [1.165, 1.54) is 28.7 Å². The van der Waals surface area contributed by atoms with Gasteiger partial charge in [-0.2, -0.15) is 0 Å². The van der Waals surface area contributed by atoms with Crippen molar-refractivity contribution in [1.29, 1.82) is 0 Å². The molecule has 0 saturated carbocycles. The molecule has 0 bridgehead atoms. The Labute approximate surface area is 119 Å². The number of nitrogens with one attached hydrogen (secondary N) is 1. The molecule has 0 fully saturated rings. The first-order valence-corrected chi connectivity index (χ1v) is 7.50. The number of carboxylic acids is 1. The van der Waals surface area contributed by atoms with Gasteiger partial charge >= 0.3 is 5.97 Å². The summed E-state index contributed by atoms with van der Waals surface area (Å²) in [6, 6.07) is 10.2. The molecule has 0 aliphatic carbocycles. The Balaban J connectivity index is 1.76. The predicted octanol–water partition coefficient (Wildman–Crippen LogP) is 2.37. The van der Waals surface area contributed by atoms with E-state index in [1.807, 2.05) is 18.2 Å². The molecule has 2 rings (SSSR count). The Morgan fingerprint density at radius 1 is 1.32 bits per heavy atom. The summed E-state index contributed by atoms with van der Waals surface area (Å²) in [7, 11) is 0. The highest BCUT2D eigenvalue weighted by Crippen LogP contribution is 2.25. The third-order valence-electron chi connectivity index (χ3n) is 2.26. The number of carbonyl (C=O) groups is 1. The summed E-state index contributed by atoms with van der Waals surface area (Å²) in [5, 5.41) is 20.4. The van der Waals surface area contributed by atoms with Crippen LogP contribution in [0.4, 0.5) is 5.13 Å². The van der Waals surface area contributed by atoms with Gasteiger partial charge in [-0.3, -0.25) is 4.79 Å². The van der Waals surface area contributed by atoms with Crippen LogP contribution in [0.1, 0.15) is 5.56 Å². The second-order valence-electron chi connectivity index (χ2n) is 3.72. The van der Waals surface area contributed by atoms with Crippen LogP contribution < -0.4 is 5.32 Å². The number of aliphatic carboxylic acids is 1. The van der Waals surface area contributed by atoms with E-state index >= 15 is 0 Å². The molecule has 0 radical (unpaired) electrons. The number of hydrogen-bond acceptors (Lipinski definition) is 6. The highest BCUT2D eigenvalue weighted by molar-refractivity contribution is 8.01. The molecule has 1 heterocycles. The van der Waals surface area contributed by atoms with Crippen molar-refractivity contribution in [2.45, 2.75) is 10.8 Å². The quantitative estimate of drug-likeness (QED) is 0.764. The number of thioether (sulfide) groups is 1. The maximum atomic E-state index is 10.4. The zero-order valence-corrected chi connectivity index (χ0v) is 11.7. The van der Waals surface area contributed by atoms with Crippen LogP contribution in [0.3, 0.4) is 0 Å². The fourth-order valence-electron chi connectivity index (χ4n) is 1.42. The highest BCUT2D eigenvalue weighted by atomic mass is 32.2. The number of nitrogens with zero attached hydrogens (tertiary/aromatic N) is 2. The summed E-state index contributed by atoms with van der Waals surface area (Å²) in [6.45, 7) is 0.780. The van der Waals surface area contributed by atoms with Crippen LogP contribution in [-0.2, 0) is 11.2 Å². The summed E-state index contributed by atoms with van der Waals surface area (Å²) in [6.07, 6.45) is 0.915. The zero-order chi connectivity index (χ0) is 13.5. The van der Waals surface area contributed by atoms with Gasteiger partial charge in [-0.25, -0.2) is 0 Å². The monoisotopic (exact) mass is 295 g/mol. The van der Waals surface area contributed by atoms with Crippen LogP contribution in [0.15, 0.2) is 34.7 Å². The van der Waals surface area contributed by atoms with Gasteiger partial charge in [-0.15, -0.1) is 10.2 Å². The third kappa shape index (κ3) is 4.88. The lowest BCUT2D eigenvalue weighted by Crippen LogP contribution is -2.04. The Kier molecular flexibility index (Phi) is 5.17. The number of aromatic nitrogens is 2. The van der Waals surface area contributed by atoms with Crippen LogP contribution in [0, 0.1) is 0 Å². The Morgan fingerprint density at radius 2 is 2.11 bits per heavy atom. The summed E-state index contributed by atoms with van der Waals surface area (Å²) < 4.78 is 0.671. The normalized spacial score (nSPS) is 10.3. The topological polar surface area (TPSA) is 75.1 Å². The predicted molar refractivity (Wildman–Crippen MR) is 76.9 cm³/mol. The lowest BCUT2D eigenvalue weighted by molar-refractivity contribution is -0.133. The highest BCUT2D eigenvalue weighted by Gasteiger charge is 2.06. The van der Waals surface area contributed by atoms with Crippen LogP contribution in [-0.4, -0.2) is 33.6 Å². The van der Waals surface area contributed by atoms with Crippen molar-refractivity contribution in [2.75, 3.05) is 17.6 Å². The van der Waals surface area contributed by atoms with E-state index in [0.717, 1.165) is 18.1 Å². The Bertz CT molecular complexity index is 531. The molecule has 5 nitrogen and oxygen atoms in total. The average Bonchev–Trinajstić information content (AvgIpc) is 2.86. The second-order valence-corrected chi connectivity index (χ2v) is 5.92. The van der Waals surface area contributed by atoms with Crippen molar-refractivity contribution in [1.82, 2.24) is 10.2 Å². The number of carboxylic acid groups (broad SMARTS) is 1. The number of benzene rings is 1. The van der Waals surface area contributed by atoms with Crippen LogP contribution in [0.25, 0.3) is 0 Å². The first-order chi connectivity index (χ1) is 9.24. The fraction of sp³-hybridized carbons (Fsp3) is 0.250. The third-order valence-corrected chi connectivity index (χ3v) is 4.26. The standard InChI is InChI=1S/C12H13N3O2S2/c16-10(17)8-18-12-15-14-11(19-12)13-7-6-9-4-2-1-3-5-9/h1-5H,6-8H2,(H,13,14)(H,16,17). The molecule has 1 aromatic heterocycles. The molecular formula is C12H13N3O2S2. The lowest BCUT2D eigenvalue weighted by atomic mass is 10.2. The van der Waals surface area contributed by atoms with Crippen LogP contribution in [0.5, 0.6) is 0 Å². The van der Waals surface area contributed by atoms with E-state index in [4.69, 9.17) is 5.11 Å². The molecule has 0 saturated heterocycles. The largest absolute Gasteiger partial charge is 0.481 e. The molecule has 0 aliphatic heterocycles. The molecule has 0 amide bonds. The van der Waals surface area contributed by atoms with E-state index in [-0.39, 0.29) is 5.75 Å². The maximum Gasteiger partial charge on any atom is 0.313 e. The van der Waals surface area contributed by atoms with Gasteiger partial charge in [0.2, 0.25) is 5.13 Å². The molecular weight excluding hydrogens is 282 g/mol.